The number of β-amino-alcohol motifs (C(OH)–C–C–N with tert-alkyl or cyclic N) is 1. The molecule has 1 fully saturated rings. The van der Waals surface area contributed by atoms with Crippen molar-refractivity contribution in [2.45, 2.75) is 26.0 Å². The predicted molar refractivity (Wildman–Crippen MR) is 66.7 cm³/mol. The molecule has 0 aliphatic carbocycles. The van der Waals surface area contributed by atoms with Gasteiger partial charge in [0, 0.05) is 32.7 Å². The van der Waals surface area contributed by atoms with Gasteiger partial charge in [0.2, 0.25) is 0 Å². The van der Waals surface area contributed by atoms with Crippen LogP contribution in [0.15, 0.2) is 22.8 Å². The monoisotopic (exact) mass is 238 g/mol. The van der Waals surface area contributed by atoms with Crippen LogP contribution >= 0.6 is 0 Å². The Labute approximate surface area is 103 Å². The topological polar surface area (TPSA) is 39.9 Å². The molecule has 0 bridgehead atoms. The van der Waals surface area contributed by atoms with Crippen LogP contribution < -0.4 is 0 Å². The quantitative estimate of drug-likeness (QED) is 0.854. The van der Waals surface area contributed by atoms with E-state index in [1.807, 2.05) is 26.0 Å². The van der Waals surface area contributed by atoms with Gasteiger partial charge in [0.25, 0.3) is 0 Å². The highest BCUT2D eigenvalue weighted by Crippen LogP contribution is 2.11. The standard InChI is InChI=1S/C13H22N2O2/c1-13(2,16)11-15-7-5-14(6-8-15)10-12-4-3-9-17-12/h3-4,9,16H,5-8,10-11H2,1-2H3. The number of furan rings is 1. The van der Waals surface area contributed by atoms with Crippen molar-refractivity contribution in [2.24, 2.45) is 0 Å². The molecule has 0 atom stereocenters. The van der Waals surface area contributed by atoms with Crippen LogP contribution in [-0.2, 0) is 6.54 Å². The predicted octanol–water partition coefficient (Wildman–Crippen LogP) is 1.17. The van der Waals surface area contributed by atoms with E-state index in [4.69, 9.17) is 4.42 Å². The van der Waals surface area contributed by atoms with Gasteiger partial charge in [0.05, 0.1) is 18.4 Å². The van der Waals surface area contributed by atoms with E-state index in [1.54, 1.807) is 6.26 Å². The molecular weight excluding hydrogens is 216 g/mol. The molecule has 1 saturated heterocycles. The highest BCUT2D eigenvalue weighted by atomic mass is 16.3. The Bertz CT molecular complexity index is 322. The minimum absolute atomic E-state index is 0.594. The zero-order chi connectivity index (χ0) is 12.3. The van der Waals surface area contributed by atoms with Crippen molar-refractivity contribution in [3.8, 4) is 0 Å². The van der Waals surface area contributed by atoms with Gasteiger partial charge in [0.1, 0.15) is 5.76 Å². The fourth-order valence-corrected chi connectivity index (χ4v) is 2.28. The molecule has 4 nitrogen and oxygen atoms in total. The normalized spacial score (nSPS) is 19.7. The van der Waals surface area contributed by atoms with Crippen LogP contribution in [0.2, 0.25) is 0 Å². The van der Waals surface area contributed by atoms with Crippen LogP contribution in [0.5, 0.6) is 0 Å². The number of nitrogens with zero attached hydrogens (tertiary/aromatic N) is 2. The lowest BCUT2D eigenvalue weighted by Gasteiger charge is -2.36. The molecule has 1 aromatic heterocycles. The summed E-state index contributed by atoms with van der Waals surface area (Å²) in [6, 6.07) is 3.95. The maximum atomic E-state index is 9.77. The summed E-state index contributed by atoms with van der Waals surface area (Å²) in [5, 5.41) is 9.77. The van der Waals surface area contributed by atoms with Gasteiger partial charge in [-0.3, -0.25) is 9.80 Å². The molecule has 2 heterocycles. The Hall–Kier alpha value is -0.840. The SMILES string of the molecule is CC(C)(O)CN1CCN(Cc2ccco2)CC1. The van der Waals surface area contributed by atoms with E-state index in [9.17, 15) is 5.11 Å². The van der Waals surface area contributed by atoms with E-state index in [0.717, 1.165) is 45.0 Å². The van der Waals surface area contributed by atoms with E-state index >= 15 is 0 Å². The molecule has 0 radical (unpaired) electrons. The van der Waals surface area contributed by atoms with Gasteiger partial charge in [-0.15, -0.1) is 0 Å². The molecule has 4 heteroatoms. The zero-order valence-electron chi connectivity index (χ0n) is 10.7. The van der Waals surface area contributed by atoms with Crippen molar-refractivity contribution >= 4 is 0 Å². The summed E-state index contributed by atoms with van der Waals surface area (Å²) in [7, 11) is 0. The van der Waals surface area contributed by atoms with Crippen LogP contribution in [-0.4, -0.2) is 53.2 Å². The van der Waals surface area contributed by atoms with Gasteiger partial charge in [-0.05, 0) is 26.0 Å². The Balaban J connectivity index is 1.74. The van der Waals surface area contributed by atoms with Gasteiger partial charge >= 0.3 is 0 Å². The first-order valence-electron chi connectivity index (χ1n) is 6.22. The first-order valence-corrected chi connectivity index (χ1v) is 6.22. The van der Waals surface area contributed by atoms with Crippen molar-refractivity contribution in [2.75, 3.05) is 32.7 Å². The van der Waals surface area contributed by atoms with Gasteiger partial charge in [-0.2, -0.15) is 0 Å². The largest absolute Gasteiger partial charge is 0.468 e. The average Bonchev–Trinajstić information content (AvgIpc) is 2.71. The van der Waals surface area contributed by atoms with Crippen LogP contribution in [0, 0.1) is 0 Å². The highest BCUT2D eigenvalue weighted by Gasteiger charge is 2.22. The van der Waals surface area contributed by atoms with Gasteiger partial charge in [-0.25, -0.2) is 0 Å². The molecule has 0 spiro atoms. The molecule has 1 N–H and O–H groups in total. The summed E-state index contributed by atoms with van der Waals surface area (Å²) in [5.41, 5.74) is -0.594. The summed E-state index contributed by atoms with van der Waals surface area (Å²) < 4.78 is 5.35. The van der Waals surface area contributed by atoms with Gasteiger partial charge in [0.15, 0.2) is 0 Å². The van der Waals surface area contributed by atoms with Gasteiger partial charge < -0.3 is 9.52 Å². The maximum absolute atomic E-state index is 9.77. The second-order valence-corrected chi connectivity index (χ2v) is 5.44. The molecule has 17 heavy (non-hydrogen) atoms. The third-order valence-corrected chi connectivity index (χ3v) is 3.04. The lowest BCUT2D eigenvalue weighted by Crippen LogP contribution is -2.50. The smallest absolute Gasteiger partial charge is 0.117 e. The summed E-state index contributed by atoms with van der Waals surface area (Å²) in [6.45, 7) is 9.48. The Morgan fingerprint density at radius 2 is 1.88 bits per heavy atom. The van der Waals surface area contributed by atoms with E-state index in [0.29, 0.717) is 0 Å². The fraction of sp³-hybridized carbons (Fsp3) is 0.692. The molecule has 1 aromatic rings. The summed E-state index contributed by atoms with van der Waals surface area (Å²) in [5.74, 6) is 1.03. The minimum atomic E-state index is -0.594. The first-order chi connectivity index (χ1) is 8.03. The van der Waals surface area contributed by atoms with Gasteiger partial charge in [-0.1, -0.05) is 0 Å². The molecule has 1 aliphatic rings. The molecule has 96 valence electrons. The second-order valence-electron chi connectivity index (χ2n) is 5.44. The minimum Gasteiger partial charge on any atom is -0.468 e. The molecule has 0 amide bonds. The molecule has 0 aromatic carbocycles. The van der Waals surface area contributed by atoms with Crippen LogP contribution in [0.4, 0.5) is 0 Å². The highest BCUT2D eigenvalue weighted by molar-refractivity contribution is 4.98. The summed E-state index contributed by atoms with van der Waals surface area (Å²) >= 11 is 0. The summed E-state index contributed by atoms with van der Waals surface area (Å²) in [6.07, 6.45) is 1.72. The molecule has 2 rings (SSSR count). The number of hydrogen-bond donors (Lipinski definition) is 1. The Morgan fingerprint density at radius 3 is 2.41 bits per heavy atom. The molecular formula is C13H22N2O2. The maximum Gasteiger partial charge on any atom is 0.117 e. The third kappa shape index (κ3) is 4.15. The number of rotatable bonds is 4. The van der Waals surface area contributed by atoms with Crippen molar-refractivity contribution in [3.05, 3.63) is 24.2 Å². The second kappa shape index (κ2) is 5.21. The first kappa shape index (κ1) is 12.6. The Kier molecular flexibility index (Phi) is 3.86. The molecule has 0 saturated carbocycles. The van der Waals surface area contributed by atoms with E-state index in [1.165, 1.54) is 0 Å². The van der Waals surface area contributed by atoms with Crippen molar-refractivity contribution < 1.29 is 9.52 Å². The lowest BCUT2D eigenvalue weighted by molar-refractivity contribution is 0.0158. The van der Waals surface area contributed by atoms with Crippen molar-refractivity contribution in [1.29, 1.82) is 0 Å². The number of piperazine rings is 1. The summed E-state index contributed by atoms with van der Waals surface area (Å²) in [4.78, 5) is 4.71. The molecule has 1 aliphatic heterocycles. The fourth-order valence-electron chi connectivity index (χ4n) is 2.28. The van der Waals surface area contributed by atoms with E-state index in [2.05, 4.69) is 9.80 Å². The Morgan fingerprint density at radius 1 is 1.24 bits per heavy atom. The van der Waals surface area contributed by atoms with Crippen molar-refractivity contribution in [3.63, 3.8) is 0 Å². The van der Waals surface area contributed by atoms with E-state index in [-0.39, 0.29) is 0 Å². The third-order valence-electron chi connectivity index (χ3n) is 3.04. The molecule has 0 unspecified atom stereocenters. The zero-order valence-corrected chi connectivity index (χ0v) is 10.7. The van der Waals surface area contributed by atoms with Crippen LogP contribution in [0.25, 0.3) is 0 Å². The number of hydrogen-bond acceptors (Lipinski definition) is 4. The van der Waals surface area contributed by atoms with Crippen molar-refractivity contribution in [1.82, 2.24) is 9.80 Å². The number of aliphatic hydroxyl groups is 1. The lowest BCUT2D eigenvalue weighted by atomic mass is 10.1. The van der Waals surface area contributed by atoms with Crippen LogP contribution in [0.3, 0.4) is 0 Å². The van der Waals surface area contributed by atoms with E-state index < -0.39 is 5.60 Å². The van der Waals surface area contributed by atoms with Crippen LogP contribution in [0.1, 0.15) is 19.6 Å². The average molecular weight is 238 g/mol.